The van der Waals surface area contributed by atoms with E-state index in [2.05, 4.69) is 20.6 Å². The van der Waals surface area contributed by atoms with E-state index in [1.807, 2.05) is 6.92 Å². The number of amides is 2. The molecule has 0 radical (unpaired) electrons. The summed E-state index contributed by atoms with van der Waals surface area (Å²) < 4.78 is 70.9. The number of nitrogens with zero attached hydrogens (tertiary/aromatic N) is 3. The van der Waals surface area contributed by atoms with Gasteiger partial charge in [-0.3, -0.25) is 9.59 Å². The number of aliphatic hydroxyl groups is 1. The van der Waals surface area contributed by atoms with Gasteiger partial charge in [0.25, 0.3) is 17.7 Å². The summed E-state index contributed by atoms with van der Waals surface area (Å²) >= 11 is 0.528. The molecule has 2 aromatic rings. The first kappa shape index (κ1) is 29.1. The molecule has 2 amide bonds. The molecule has 39 heavy (non-hydrogen) atoms. The van der Waals surface area contributed by atoms with Crippen LogP contribution in [0.5, 0.6) is 0 Å². The van der Waals surface area contributed by atoms with Crippen LogP contribution in [-0.2, 0) is 6.18 Å². The molecule has 1 aliphatic heterocycles. The normalized spacial score (nSPS) is 20.8. The third kappa shape index (κ3) is 6.48. The highest BCUT2D eigenvalue weighted by Gasteiger charge is 2.46. The molecule has 1 saturated heterocycles. The number of thiazole rings is 1. The maximum absolute atomic E-state index is 14.3. The Balaban J connectivity index is 1.77. The number of rotatable bonds is 8. The fourth-order valence-electron chi connectivity index (χ4n) is 4.72. The average Bonchev–Trinajstić information content (AvgIpc) is 3.35. The van der Waals surface area contributed by atoms with Gasteiger partial charge in [0.15, 0.2) is 5.01 Å². The number of hydrogen-bond donors (Lipinski definition) is 3. The topological polar surface area (TPSA) is 107 Å². The van der Waals surface area contributed by atoms with Crippen LogP contribution in [-0.4, -0.2) is 69.0 Å². The molecule has 1 aliphatic carbocycles. The molecule has 0 bridgehead atoms. The number of halogens is 5. The predicted molar refractivity (Wildman–Crippen MR) is 135 cm³/mol. The Morgan fingerprint density at radius 3 is 2.51 bits per heavy atom. The molecule has 214 valence electrons. The van der Waals surface area contributed by atoms with Crippen LogP contribution >= 0.6 is 11.3 Å². The van der Waals surface area contributed by atoms with Crippen LogP contribution < -0.4 is 10.6 Å². The van der Waals surface area contributed by atoms with Crippen molar-refractivity contribution in [2.24, 2.45) is 5.92 Å². The second kappa shape index (κ2) is 11.0. The number of carbonyl (C=O) groups is 2. The van der Waals surface area contributed by atoms with Crippen molar-refractivity contribution < 1.29 is 36.6 Å². The van der Waals surface area contributed by atoms with Gasteiger partial charge in [-0.15, -0.1) is 11.3 Å². The lowest BCUT2D eigenvalue weighted by molar-refractivity contribution is -0.137. The predicted octanol–water partition coefficient (Wildman–Crippen LogP) is 4.80. The molecule has 3 heterocycles. The van der Waals surface area contributed by atoms with Crippen molar-refractivity contribution in [2.45, 2.75) is 76.7 Å². The summed E-state index contributed by atoms with van der Waals surface area (Å²) in [5, 5.41) is 14.5. The second-order valence-electron chi connectivity index (χ2n) is 10.3. The van der Waals surface area contributed by atoms with Crippen molar-refractivity contribution in [3.05, 3.63) is 28.5 Å². The molecule has 2 fully saturated rings. The van der Waals surface area contributed by atoms with Crippen LogP contribution in [0.2, 0.25) is 0 Å². The maximum Gasteiger partial charge on any atom is 0.417 e. The summed E-state index contributed by atoms with van der Waals surface area (Å²) in [6, 6.07) is -0.145. The van der Waals surface area contributed by atoms with E-state index < -0.39 is 65.8 Å². The van der Waals surface area contributed by atoms with Crippen molar-refractivity contribution in [3.8, 4) is 10.4 Å². The third-order valence-electron chi connectivity index (χ3n) is 7.06. The largest absolute Gasteiger partial charge is 0.417 e. The molecule has 1 saturated carbocycles. The van der Waals surface area contributed by atoms with Crippen molar-refractivity contribution in [2.75, 3.05) is 18.4 Å². The Hall–Kier alpha value is -2.87. The molecule has 4 rings (SSSR count). The van der Waals surface area contributed by atoms with E-state index in [1.54, 1.807) is 0 Å². The molecule has 2 unspecified atom stereocenters. The number of pyridine rings is 1. The SMILES string of the molecule is CC(O)CNC(=O)c1nc(C(=O)N2CC(F)(F)C[C@@H]2C)c(-c2cnc(NC(C)C3CCC3)cc2C(F)(F)F)s1. The van der Waals surface area contributed by atoms with E-state index in [9.17, 15) is 36.6 Å². The van der Waals surface area contributed by atoms with Crippen LogP contribution in [0.3, 0.4) is 0 Å². The second-order valence-corrected chi connectivity index (χ2v) is 11.3. The first-order valence-corrected chi connectivity index (χ1v) is 13.5. The first-order chi connectivity index (χ1) is 18.2. The minimum absolute atomic E-state index is 0.00516. The Bertz CT molecular complexity index is 1230. The van der Waals surface area contributed by atoms with Crippen molar-refractivity contribution in [3.63, 3.8) is 0 Å². The Morgan fingerprint density at radius 1 is 1.28 bits per heavy atom. The van der Waals surface area contributed by atoms with Gasteiger partial charge in [0.1, 0.15) is 11.5 Å². The Labute approximate surface area is 226 Å². The van der Waals surface area contributed by atoms with Crippen molar-refractivity contribution in [1.82, 2.24) is 20.2 Å². The van der Waals surface area contributed by atoms with Gasteiger partial charge in [-0.1, -0.05) is 6.42 Å². The molecule has 14 heteroatoms. The molecule has 3 N–H and O–H groups in total. The molecule has 0 aromatic carbocycles. The van der Waals surface area contributed by atoms with Crippen LogP contribution in [0.4, 0.5) is 27.8 Å². The quantitative estimate of drug-likeness (QED) is 0.391. The van der Waals surface area contributed by atoms with E-state index in [1.165, 1.54) is 13.8 Å². The maximum atomic E-state index is 14.3. The molecular weight excluding hydrogens is 545 g/mol. The van der Waals surface area contributed by atoms with E-state index >= 15 is 0 Å². The smallest absolute Gasteiger partial charge is 0.392 e. The van der Waals surface area contributed by atoms with Gasteiger partial charge < -0.3 is 20.6 Å². The number of alkyl halides is 5. The van der Waals surface area contributed by atoms with Gasteiger partial charge in [0.2, 0.25) is 0 Å². The summed E-state index contributed by atoms with van der Waals surface area (Å²) in [7, 11) is 0. The molecule has 8 nitrogen and oxygen atoms in total. The zero-order valence-electron chi connectivity index (χ0n) is 21.6. The lowest BCUT2D eigenvalue weighted by Crippen LogP contribution is -2.36. The highest BCUT2D eigenvalue weighted by Crippen LogP contribution is 2.43. The van der Waals surface area contributed by atoms with Gasteiger partial charge in [-0.05, 0) is 45.6 Å². The number of likely N-dealkylation sites (tertiary alicyclic amines) is 1. The van der Waals surface area contributed by atoms with E-state index in [4.69, 9.17) is 0 Å². The third-order valence-corrected chi connectivity index (χ3v) is 8.14. The van der Waals surface area contributed by atoms with Crippen molar-refractivity contribution >= 4 is 29.0 Å². The molecule has 3 atom stereocenters. The number of aromatic nitrogens is 2. The standard InChI is InChI=1S/C25H30F5N5O3S/c1-12-8-24(26,27)11-35(12)23(38)19-20(39-22(34-19)21(37)32-9-13(2)36)16-10-31-18(7-17(16)25(28,29)30)33-14(3)15-5-4-6-15/h7,10,12-15,36H,4-6,8-9,11H2,1-3H3,(H,31,33)(H,32,37)/t12-,13?,14?/m0/s1. The Morgan fingerprint density at radius 2 is 1.97 bits per heavy atom. The van der Waals surface area contributed by atoms with Crippen LogP contribution in [0.25, 0.3) is 10.4 Å². The van der Waals surface area contributed by atoms with E-state index in [0.717, 1.165) is 36.4 Å². The number of anilines is 1. The van der Waals surface area contributed by atoms with Gasteiger partial charge in [-0.2, -0.15) is 13.2 Å². The highest BCUT2D eigenvalue weighted by molar-refractivity contribution is 7.17. The monoisotopic (exact) mass is 575 g/mol. The number of nitrogens with one attached hydrogen (secondary N) is 2. The zero-order valence-corrected chi connectivity index (χ0v) is 22.4. The summed E-state index contributed by atoms with van der Waals surface area (Å²) in [6.07, 6.45) is -2.41. The Kier molecular flexibility index (Phi) is 8.18. The lowest BCUT2D eigenvalue weighted by Gasteiger charge is -2.32. The minimum Gasteiger partial charge on any atom is -0.392 e. The average molecular weight is 576 g/mol. The number of hydrogen-bond acceptors (Lipinski definition) is 7. The summed E-state index contributed by atoms with van der Waals surface area (Å²) in [6.45, 7) is 3.62. The van der Waals surface area contributed by atoms with Gasteiger partial charge in [0.05, 0.1) is 23.1 Å². The van der Waals surface area contributed by atoms with Crippen molar-refractivity contribution in [1.29, 1.82) is 0 Å². The lowest BCUT2D eigenvalue weighted by atomic mass is 9.80. The number of aliphatic hydroxyl groups excluding tert-OH is 1. The van der Waals surface area contributed by atoms with Crippen LogP contribution in [0, 0.1) is 5.92 Å². The summed E-state index contributed by atoms with van der Waals surface area (Å²) in [5.41, 5.74) is -2.13. The van der Waals surface area contributed by atoms with Gasteiger partial charge >= 0.3 is 6.18 Å². The molecule has 2 aliphatic rings. The highest BCUT2D eigenvalue weighted by atomic mass is 32.1. The van der Waals surface area contributed by atoms with Crippen LogP contribution in [0.15, 0.2) is 12.3 Å². The first-order valence-electron chi connectivity index (χ1n) is 12.7. The van der Waals surface area contributed by atoms with Crippen LogP contribution in [0.1, 0.15) is 72.3 Å². The zero-order chi connectivity index (χ0) is 28.7. The van der Waals surface area contributed by atoms with Gasteiger partial charge in [0, 0.05) is 36.8 Å². The number of carbonyl (C=O) groups excluding carboxylic acids is 2. The molecule has 0 spiro atoms. The fraction of sp³-hybridized carbons (Fsp3) is 0.600. The fourth-order valence-corrected chi connectivity index (χ4v) is 5.72. The minimum atomic E-state index is -4.86. The molecule has 2 aromatic heterocycles. The van der Waals surface area contributed by atoms with E-state index in [0.29, 0.717) is 17.3 Å². The molecular formula is C25H30F5N5O3S. The van der Waals surface area contributed by atoms with Gasteiger partial charge in [-0.25, -0.2) is 18.7 Å². The summed E-state index contributed by atoms with van der Waals surface area (Å²) in [4.78, 5) is 34.7. The van der Waals surface area contributed by atoms with E-state index in [-0.39, 0.29) is 28.3 Å². The summed E-state index contributed by atoms with van der Waals surface area (Å²) in [5.74, 6) is -4.66.